The Kier molecular flexibility index (Phi) is 4.81. The minimum Gasteiger partial charge on any atom is -0.277 e. The lowest BCUT2D eigenvalue weighted by atomic mass is 10.1. The number of hydrogen-bond donors (Lipinski definition) is 0. The maximum atomic E-state index is 13.6. The van der Waals surface area contributed by atoms with E-state index in [1.54, 1.807) is 16.2 Å². The maximum absolute atomic E-state index is 13.6. The first kappa shape index (κ1) is 18.9. The maximum Gasteiger partial charge on any atom is 0.289 e. The van der Waals surface area contributed by atoms with Gasteiger partial charge in [-0.05, 0) is 42.7 Å². The third-order valence-corrected chi connectivity index (χ3v) is 7.31. The van der Waals surface area contributed by atoms with Crippen molar-refractivity contribution < 1.29 is 4.79 Å². The molecule has 5 rings (SSSR count). The van der Waals surface area contributed by atoms with Crippen molar-refractivity contribution in [3.05, 3.63) is 88.4 Å². The van der Waals surface area contributed by atoms with Crippen LogP contribution in [-0.4, -0.2) is 15.9 Å². The summed E-state index contributed by atoms with van der Waals surface area (Å²) in [6.45, 7) is 4.59. The van der Waals surface area contributed by atoms with Gasteiger partial charge in [0.1, 0.15) is 0 Å². The summed E-state index contributed by atoms with van der Waals surface area (Å²) < 4.78 is 2.14. The van der Waals surface area contributed by atoms with Crippen LogP contribution in [-0.2, 0) is 6.54 Å². The van der Waals surface area contributed by atoms with Crippen LogP contribution in [0.3, 0.4) is 0 Å². The highest BCUT2D eigenvalue weighted by Gasteiger charge is 2.25. The Balaban J connectivity index is 1.62. The zero-order chi connectivity index (χ0) is 20.7. The normalized spacial score (nSPS) is 11.3. The van der Waals surface area contributed by atoms with Crippen molar-refractivity contribution in [1.29, 1.82) is 0 Å². The fourth-order valence-corrected chi connectivity index (χ4v) is 5.46. The van der Waals surface area contributed by atoms with Gasteiger partial charge < -0.3 is 0 Å². The van der Waals surface area contributed by atoms with E-state index in [2.05, 4.69) is 31.0 Å². The fraction of sp³-hybridized carbons (Fsp3) is 0.125. The molecule has 0 saturated heterocycles. The van der Waals surface area contributed by atoms with Gasteiger partial charge in [-0.25, -0.2) is 9.97 Å². The smallest absolute Gasteiger partial charge is 0.277 e. The molecule has 0 aliphatic heterocycles. The Bertz CT molecular complexity index is 1300. The van der Waals surface area contributed by atoms with E-state index in [0.717, 1.165) is 31.6 Å². The van der Waals surface area contributed by atoms with Gasteiger partial charge in [0.2, 0.25) is 0 Å². The number of anilines is 1. The number of aromatic nitrogens is 2. The Morgan fingerprint density at radius 3 is 2.37 bits per heavy atom. The molecule has 0 N–H and O–H groups in total. The van der Waals surface area contributed by atoms with Gasteiger partial charge in [0, 0.05) is 0 Å². The molecule has 0 bridgehead atoms. The highest BCUT2D eigenvalue weighted by Crippen LogP contribution is 2.35. The average molecular weight is 430 g/mol. The van der Waals surface area contributed by atoms with Gasteiger partial charge in [-0.1, -0.05) is 65.9 Å². The van der Waals surface area contributed by atoms with Crippen molar-refractivity contribution in [2.45, 2.75) is 20.4 Å². The second-order valence-electron chi connectivity index (χ2n) is 7.24. The van der Waals surface area contributed by atoms with Crippen molar-refractivity contribution in [1.82, 2.24) is 9.97 Å². The zero-order valence-electron chi connectivity index (χ0n) is 16.6. The molecule has 1 amide bonds. The third-order valence-electron chi connectivity index (χ3n) is 5.07. The van der Waals surface area contributed by atoms with Crippen LogP contribution in [0.4, 0.5) is 5.13 Å². The SMILES string of the molecule is Cc1ccc(C)c2sc(N(Cc3ccccc3)C(=O)c3nc4ccccc4s3)nc12. The van der Waals surface area contributed by atoms with E-state index in [4.69, 9.17) is 4.98 Å². The van der Waals surface area contributed by atoms with E-state index in [1.165, 1.54) is 16.9 Å². The number of rotatable bonds is 4. The first-order chi connectivity index (χ1) is 14.6. The first-order valence-corrected chi connectivity index (χ1v) is 11.3. The quantitative estimate of drug-likeness (QED) is 0.333. The van der Waals surface area contributed by atoms with Crippen molar-refractivity contribution in [2.24, 2.45) is 0 Å². The van der Waals surface area contributed by atoms with Crippen LogP contribution >= 0.6 is 22.7 Å². The molecule has 5 aromatic rings. The van der Waals surface area contributed by atoms with Gasteiger partial charge in [0.05, 0.1) is 27.0 Å². The minimum absolute atomic E-state index is 0.116. The molecule has 2 aromatic heterocycles. The van der Waals surface area contributed by atoms with E-state index >= 15 is 0 Å². The Morgan fingerprint density at radius 2 is 1.60 bits per heavy atom. The Hall–Kier alpha value is -3.09. The molecule has 0 unspecified atom stereocenters. The predicted molar refractivity (Wildman–Crippen MR) is 126 cm³/mol. The molecule has 2 heterocycles. The molecule has 30 heavy (non-hydrogen) atoms. The van der Waals surface area contributed by atoms with Gasteiger partial charge >= 0.3 is 0 Å². The van der Waals surface area contributed by atoms with Crippen molar-refractivity contribution in [3.8, 4) is 0 Å². The summed E-state index contributed by atoms with van der Waals surface area (Å²) in [5, 5.41) is 1.19. The molecule has 0 radical (unpaired) electrons. The highest BCUT2D eigenvalue weighted by atomic mass is 32.1. The van der Waals surface area contributed by atoms with Crippen LogP contribution in [0.15, 0.2) is 66.7 Å². The summed E-state index contributed by atoms with van der Waals surface area (Å²) in [6.07, 6.45) is 0. The van der Waals surface area contributed by atoms with E-state index in [-0.39, 0.29) is 5.91 Å². The van der Waals surface area contributed by atoms with Gasteiger partial charge in [0.15, 0.2) is 10.1 Å². The van der Waals surface area contributed by atoms with Crippen molar-refractivity contribution >= 4 is 54.1 Å². The van der Waals surface area contributed by atoms with Gasteiger partial charge in [-0.2, -0.15) is 0 Å². The number of thiazole rings is 2. The summed E-state index contributed by atoms with van der Waals surface area (Å²) in [5.74, 6) is -0.116. The van der Waals surface area contributed by atoms with E-state index in [9.17, 15) is 4.79 Å². The Labute approximate surface area is 182 Å². The third kappa shape index (κ3) is 3.38. The monoisotopic (exact) mass is 429 g/mol. The van der Waals surface area contributed by atoms with Gasteiger partial charge in [-0.15, -0.1) is 11.3 Å². The molecule has 0 spiro atoms. The number of carbonyl (C=O) groups excluding carboxylic acids is 1. The fourth-order valence-electron chi connectivity index (χ4n) is 3.43. The van der Waals surface area contributed by atoms with Crippen molar-refractivity contribution in [2.75, 3.05) is 4.90 Å². The van der Waals surface area contributed by atoms with Gasteiger partial charge in [-0.3, -0.25) is 9.69 Å². The standard InChI is InChI=1S/C24H19N3OS2/c1-15-12-13-16(2)21-20(15)26-24(30-21)27(14-17-8-4-3-5-9-17)23(28)22-25-18-10-6-7-11-19(18)29-22/h3-13H,14H2,1-2H3. The summed E-state index contributed by atoms with van der Waals surface area (Å²) in [5.41, 5.74) is 5.16. The van der Waals surface area contributed by atoms with E-state index in [0.29, 0.717) is 16.7 Å². The number of nitrogens with zero attached hydrogens (tertiary/aromatic N) is 3. The molecule has 4 nitrogen and oxygen atoms in total. The van der Waals surface area contributed by atoms with Crippen molar-refractivity contribution in [3.63, 3.8) is 0 Å². The summed E-state index contributed by atoms with van der Waals surface area (Å²) >= 11 is 2.99. The second kappa shape index (κ2) is 7.63. The van der Waals surface area contributed by atoms with Crippen LogP contribution in [0, 0.1) is 13.8 Å². The lowest BCUT2D eigenvalue weighted by Crippen LogP contribution is -2.30. The van der Waals surface area contributed by atoms with Crippen LogP contribution in [0.1, 0.15) is 26.5 Å². The van der Waals surface area contributed by atoms with E-state index in [1.807, 2.05) is 54.6 Å². The zero-order valence-corrected chi connectivity index (χ0v) is 18.3. The molecular formula is C24H19N3OS2. The Morgan fingerprint density at radius 1 is 0.867 bits per heavy atom. The molecule has 3 aromatic carbocycles. The largest absolute Gasteiger partial charge is 0.289 e. The lowest BCUT2D eigenvalue weighted by molar-refractivity contribution is 0.0985. The molecule has 0 aliphatic carbocycles. The summed E-state index contributed by atoms with van der Waals surface area (Å²) in [6, 6.07) is 22.1. The molecule has 6 heteroatoms. The van der Waals surface area contributed by atoms with Crippen LogP contribution in [0.5, 0.6) is 0 Å². The summed E-state index contributed by atoms with van der Waals surface area (Å²) in [4.78, 5) is 24.8. The minimum atomic E-state index is -0.116. The van der Waals surface area contributed by atoms with Crippen LogP contribution in [0.2, 0.25) is 0 Å². The molecule has 0 saturated carbocycles. The number of amides is 1. The molecule has 0 fully saturated rings. The average Bonchev–Trinajstić information content (AvgIpc) is 3.40. The van der Waals surface area contributed by atoms with Gasteiger partial charge in [0.25, 0.3) is 5.91 Å². The molecule has 148 valence electrons. The molecule has 0 atom stereocenters. The first-order valence-electron chi connectivity index (χ1n) is 9.68. The number of para-hydroxylation sites is 1. The molecule has 0 aliphatic rings. The van der Waals surface area contributed by atoms with Crippen LogP contribution in [0.25, 0.3) is 20.4 Å². The highest BCUT2D eigenvalue weighted by molar-refractivity contribution is 7.23. The number of benzene rings is 3. The lowest BCUT2D eigenvalue weighted by Gasteiger charge is -2.18. The second-order valence-corrected chi connectivity index (χ2v) is 9.25. The molecular weight excluding hydrogens is 410 g/mol. The van der Waals surface area contributed by atoms with E-state index < -0.39 is 0 Å². The van der Waals surface area contributed by atoms with Crippen LogP contribution < -0.4 is 4.90 Å². The number of fused-ring (bicyclic) bond motifs is 2. The number of carbonyl (C=O) groups is 1. The predicted octanol–water partition coefficient (Wildman–Crippen LogP) is 6.37. The topological polar surface area (TPSA) is 46.1 Å². The number of hydrogen-bond acceptors (Lipinski definition) is 5. The number of aryl methyl sites for hydroxylation is 2. The summed E-state index contributed by atoms with van der Waals surface area (Å²) in [7, 11) is 0.